The number of rotatable bonds is 0. The Morgan fingerprint density at radius 3 is 1.88 bits per heavy atom. The second-order valence-electron chi connectivity index (χ2n) is 19.1. The zero-order valence-corrected chi connectivity index (χ0v) is 39.3. The summed E-state index contributed by atoms with van der Waals surface area (Å²) in [6, 6.07) is 57.6. The average Bonchev–Trinajstić information content (AvgIpc) is 3.42. The Hall–Kier alpha value is -8.94. The number of anilines is 1. The summed E-state index contributed by atoms with van der Waals surface area (Å²) in [7, 11) is 0. The van der Waals surface area contributed by atoms with Crippen molar-refractivity contribution >= 4 is 77.5 Å². The smallest absolute Gasteiger partial charge is 0.336 e. The monoisotopic (exact) mass is 934 g/mol. The number of allylic oxidation sites excluding steroid dienone is 1. The van der Waals surface area contributed by atoms with Crippen LogP contribution in [0.15, 0.2) is 196 Å². The van der Waals surface area contributed by atoms with Gasteiger partial charge in [-0.25, -0.2) is 4.79 Å². The highest BCUT2D eigenvalue weighted by molar-refractivity contribution is 6.26. The van der Waals surface area contributed by atoms with Gasteiger partial charge in [0.05, 0.1) is 0 Å². The number of aryl methyl sites for hydroxylation is 2. The quantitative estimate of drug-likeness (QED) is 0.120. The molecular formula is C65H46N2O5. The third-order valence-corrected chi connectivity index (χ3v) is 14.9. The van der Waals surface area contributed by atoms with E-state index in [0.717, 1.165) is 93.7 Å². The lowest BCUT2D eigenvalue weighted by molar-refractivity contribution is 0.103. The Kier molecular flexibility index (Phi) is 10.5. The van der Waals surface area contributed by atoms with Gasteiger partial charge in [-0.05, 0) is 122 Å². The Labute approximate surface area is 414 Å². The minimum absolute atomic E-state index is 0.0146. The number of hydrogen-bond donors (Lipinski definition) is 1. The first kappa shape index (κ1) is 43.1. The van der Waals surface area contributed by atoms with Gasteiger partial charge in [-0.2, -0.15) is 0 Å². The molecule has 5 aliphatic rings. The molecule has 0 saturated heterocycles. The highest BCUT2D eigenvalue weighted by Crippen LogP contribution is 2.42. The van der Waals surface area contributed by atoms with Gasteiger partial charge in [0.2, 0.25) is 5.56 Å². The molecule has 7 nitrogen and oxygen atoms in total. The Balaban J connectivity index is 0.0000000934. The number of H-pyrrole nitrogens is 1. The summed E-state index contributed by atoms with van der Waals surface area (Å²) in [5.41, 5.74) is 14.8. The van der Waals surface area contributed by atoms with Crippen LogP contribution in [0.2, 0.25) is 0 Å². The van der Waals surface area contributed by atoms with Crippen LogP contribution >= 0.6 is 0 Å². The molecular weight excluding hydrogens is 889 g/mol. The van der Waals surface area contributed by atoms with Gasteiger partial charge in [0.25, 0.3) is 0 Å². The van der Waals surface area contributed by atoms with E-state index in [9.17, 15) is 19.2 Å². The SMILES string of the molecule is C1=Cc2c3ccccc3cc3cccc(c23)C1.O=C1c2ccccc2-c2cc(=O)[nH]c3cccc1c23.O=C1c2ccccc2-c2cccc3cccc1c23.O=c1ccc2cc3c4c(c2o1)CCCN4CCC3. The van der Waals surface area contributed by atoms with E-state index in [2.05, 4.69) is 94.8 Å². The normalized spacial score (nSPS) is 14.1. The molecule has 3 aliphatic carbocycles. The van der Waals surface area contributed by atoms with Crippen LogP contribution in [0.3, 0.4) is 0 Å². The molecule has 9 aromatic carbocycles. The summed E-state index contributed by atoms with van der Waals surface area (Å²) in [4.78, 5) is 53.4. The van der Waals surface area contributed by atoms with E-state index in [1.54, 1.807) is 18.2 Å². The predicted octanol–water partition coefficient (Wildman–Crippen LogP) is 13.8. The van der Waals surface area contributed by atoms with Crippen LogP contribution < -0.4 is 16.1 Å². The summed E-state index contributed by atoms with van der Waals surface area (Å²) in [5, 5.41) is 9.63. The van der Waals surface area contributed by atoms with Gasteiger partial charge >= 0.3 is 5.63 Å². The maximum absolute atomic E-state index is 12.5. The molecule has 0 saturated carbocycles. The Morgan fingerprint density at radius 1 is 0.458 bits per heavy atom. The van der Waals surface area contributed by atoms with Crippen LogP contribution in [0.4, 0.5) is 5.69 Å². The molecule has 0 spiro atoms. The largest absolute Gasteiger partial charge is 0.422 e. The maximum Gasteiger partial charge on any atom is 0.336 e. The molecule has 1 N–H and O–H groups in total. The molecule has 4 heterocycles. The molecule has 72 heavy (non-hydrogen) atoms. The Morgan fingerprint density at radius 2 is 1.08 bits per heavy atom. The van der Waals surface area contributed by atoms with Crippen molar-refractivity contribution in [2.75, 3.05) is 18.0 Å². The van der Waals surface area contributed by atoms with E-state index in [0.29, 0.717) is 16.6 Å². The van der Waals surface area contributed by atoms with Gasteiger partial charge in [0.15, 0.2) is 11.6 Å². The Bertz CT molecular complexity index is 4250. The molecule has 11 aromatic rings. The third-order valence-electron chi connectivity index (χ3n) is 14.9. The van der Waals surface area contributed by atoms with Crippen molar-refractivity contribution in [2.45, 2.75) is 32.1 Å². The first-order valence-corrected chi connectivity index (χ1v) is 24.8. The molecule has 0 fully saturated rings. The lowest BCUT2D eigenvalue weighted by Crippen LogP contribution is -2.34. The van der Waals surface area contributed by atoms with Crippen molar-refractivity contribution in [3.05, 3.63) is 247 Å². The van der Waals surface area contributed by atoms with Crippen LogP contribution in [0, 0.1) is 0 Å². The summed E-state index contributed by atoms with van der Waals surface area (Å²) in [5.74, 6) is 0.149. The molecule has 0 unspecified atom stereocenters. The highest BCUT2D eigenvalue weighted by Gasteiger charge is 2.28. The van der Waals surface area contributed by atoms with Gasteiger partial charge in [-0.15, -0.1) is 0 Å². The number of pyridine rings is 1. The number of aromatic nitrogens is 1. The lowest BCUT2D eigenvalue weighted by atomic mass is 9.83. The predicted molar refractivity (Wildman–Crippen MR) is 292 cm³/mol. The van der Waals surface area contributed by atoms with Gasteiger partial charge < -0.3 is 14.3 Å². The van der Waals surface area contributed by atoms with E-state index in [1.165, 1.54) is 67.5 Å². The molecule has 0 atom stereocenters. The van der Waals surface area contributed by atoms with Gasteiger partial charge in [-0.3, -0.25) is 14.4 Å². The van der Waals surface area contributed by atoms with E-state index in [-0.39, 0.29) is 22.8 Å². The molecule has 0 radical (unpaired) electrons. The number of nitrogens with zero attached hydrogens (tertiary/aromatic N) is 1. The van der Waals surface area contributed by atoms with Gasteiger partial charge in [-0.1, -0.05) is 152 Å². The summed E-state index contributed by atoms with van der Waals surface area (Å²) >= 11 is 0. The second kappa shape index (κ2) is 17.5. The summed E-state index contributed by atoms with van der Waals surface area (Å²) in [6.45, 7) is 2.28. The molecule has 2 aromatic heterocycles. The molecule has 7 heteroatoms. The van der Waals surface area contributed by atoms with E-state index in [4.69, 9.17) is 4.42 Å². The molecule has 0 amide bonds. The van der Waals surface area contributed by atoms with Crippen molar-refractivity contribution in [3.63, 3.8) is 0 Å². The molecule has 346 valence electrons. The van der Waals surface area contributed by atoms with E-state index in [1.807, 2.05) is 78.9 Å². The van der Waals surface area contributed by atoms with Crippen molar-refractivity contribution in [2.24, 2.45) is 0 Å². The van der Waals surface area contributed by atoms with Crippen LogP contribution in [-0.4, -0.2) is 29.6 Å². The van der Waals surface area contributed by atoms with Crippen LogP contribution in [-0.2, 0) is 19.3 Å². The maximum atomic E-state index is 12.5. The van der Waals surface area contributed by atoms with Crippen LogP contribution in [0.25, 0.3) is 82.5 Å². The van der Waals surface area contributed by atoms with Crippen molar-refractivity contribution in [1.29, 1.82) is 0 Å². The highest BCUT2D eigenvalue weighted by atomic mass is 16.4. The standard InChI is InChI=1S/C17H10O.C17H12.C16H9NO2.C15H15NO2/c18-17-14-8-2-1-7-12(14)13-9-3-5-11-6-4-10-15(17)16(11)13;1-2-9-15-13(5-1)11-14-8-3-6-12-7-4-10-16(15)17(12)14;18-14-8-12-9-4-1-2-5-10(9)16(19)11-6-3-7-13(17-14)15(11)12;17-13-6-5-11-9-10-3-1-7-16-8-2-4-12(14(10)16)15(11)18-13/h1-10H;1-6,8-11H,7H2;1-8H,(H,17,18);5-6,9H,1-4,7-8H2. The number of ketones is 2. The fourth-order valence-electron chi connectivity index (χ4n) is 11.9. The summed E-state index contributed by atoms with van der Waals surface area (Å²) in [6.07, 6.45) is 10.2. The third kappa shape index (κ3) is 7.19. The minimum Gasteiger partial charge on any atom is -0.422 e. The number of carbonyl (C=O) groups excluding carboxylic acids is 2. The first-order chi connectivity index (χ1) is 35.4. The van der Waals surface area contributed by atoms with Gasteiger partial charge in [0.1, 0.15) is 5.58 Å². The fraction of sp³-hybridized carbons (Fsp3) is 0.108. The van der Waals surface area contributed by atoms with Crippen LogP contribution in [0.1, 0.15) is 66.9 Å². The van der Waals surface area contributed by atoms with Crippen molar-refractivity contribution < 1.29 is 14.0 Å². The molecule has 0 bridgehead atoms. The fourth-order valence-corrected chi connectivity index (χ4v) is 11.9. The molecule has 16 rings (SSSR count). The topological polar surface area (TPSA) is 100 Å². The number of hydrogen-bond acceptors (Lipinski definition) is 6. The lowest BCUT2D eigenvalue weighted by Gasteiger charge is -2.37. The number of benzene rings is 9. The average molecular weight is 935 g/mol. The number of carbonyl (C=O) groups is 2. The van der Waals surface area contributed by atoms with E-state index >= 15 is 0 Å². The molecule has 2 aliphatic heterocycles. The minimum atomic E-state index is -0.244. The zero-order valence-electron chi connectivity index (χ0n) is 39.3. The second-order valence-corrected chi connectivity index (χ2v) is 19.1. The van der Waals surface area contributed by atoms with Gasteiger partial charge in [0, 0.05) is 80.4 Å². The number of fused-ring (bicyclic) bond motifs is 8. The number of nitrogens with one attached hydrogen (secondary N) is 1. The first-order valence-electron chi connectivity index (χ1n) is 24.8. The van der Waals surface area contributed by atoms with E-state index < -0.39 is 0 Å². The van der Waals surface area contributed by atoms with Crippen molar-refractivity contribution in [1.82, 2.24) is 4.98 Å². The number of aromatic amines is 1. The summed E-state index contributed by atoms with van der Waals surface area (Å²) < 4.78 is 5.45. The zero-order chi connectivity index (χ0) is 48.5. The van der Waals surface area contributed by atoms with Crippen LogP contribution in [0.5, 0.6) is 0 Å². The van der Waals surface area contributed by atoms with Crippen molar-refractivity contribution in [3.8, 4) is 22.3 Å².